The van der Waals surface area contributed by atoms with Crippen molar-refractivity contribution in [2.24, 2.45) is 17.4 Å². The Morgan fingerprint density at radius 2 is 1.37 bits per heavy atom. The molecule has 0 aromatic rings. The maximum atomic E-state index is 12.5. The first-order chi connectivity index (χ1) is 14.1. The summed E-state index contributed by atoms with van der Waals surface area (Å²) >= 11 is 0. The molecule has 30 heavy (non-hydrogen) atoms. The van der Waals surface area contributed by atoms with E-state index in [9.17, 15) is 24.3 Å². The number of aliphatic hydroxyl groups is 2. The Morgan fingerprint density at radius 3 is 1.83 bits per heavy atom. The van der Waals surface area contributed by atoms with Gasteiger partial charge in [0, 0.05) is 0 Å². The Kier molecular flexibility index (Phi) is 13.5. The summed E-state index contributed by atoms with van der Waals surface area (Å²) in [4.78, 5) is 48.1. The lowest BCUT2D eigenvalue weighted by atomic mass is 9.99. The SMILES string of the molecule is CCC(C)C(N)C(=O)NC(CO)C(=O)NC(CCCCN)C(=O)NC(CO)C(=O)O. The Balaban J connectivity index is 5.19. The number of hydrogen-bond acceptors (Lipinski definition) is 8. The van der Waals surface area contributed by atoms with Crippen LogP contribution in [0.3, 0.4) is 0 Å². The molecule has 0 aliphatic carbocycles. The van der Waals surface area contributed by atoms with Crippen molar-refractivity contribution in [1.82, 2.24) is 16.0 Å². The van der Waals surface area contributed by atoms with Gasteiger partial charge in [0.2, 0.25) is 17.7 Å². The van der Waals surface area contributed by atoms with Gasteiger partial charge in [-0.15, -0.1) is 0 Å². The molecule has 0 saturated carbocycles. The molecule has 0 aliphatic heterocycles. The standard InChI is InChI=1S/C18H35N5O7/c1-3-10(2)14(20)17(28)22-12(8-24)16(27)21-11(6-4-5-7-19)15(26)23-13(9-25)18(29)30/h10-14,24-25H,3-9,19-20H2,1-2H3,(H,21,27)(H,22,28)(H,23,26)(H,29,30). The molecule has 12 nitrogen and oxygen atoms in total. The van der Waals surface area contributed by atoms with Gasteiger partial charge >= 0.3 is 5.97 Å². The lowest BCUT2D eigenvalue weighted by molar-refractivity contribution is -0.143. The van der Waals surface area contributed by atoms with Crippen LogP contribution in [-0.2, 0) is 19.2 Å². The smallest absolute Gasteiger partial charge is 0.328 e. The number of unbranched alkanes of at least 4 members (excludes halogenated alkanes) is 1. The van der Waals surface area contributed by atoms with E-state index in [1.54, 1.807) is 6.92 Å². The van der Waals surface area contributed by atoms with Crippen LogP contribution in [0.4, 0.5) is 0 Å². The highest BCUT2D eigenvalue weighted by Gasteiger charge is 2.30. The number of hydrogen-bond donors (Lipinski definition) is 8. The van der Waals surface area contributed by atoms with Gasteiger partial charge in [-0.25, -0.2) is 4.79 Å². The highest BCUT2D eigenvalue weighted by atomic mass is 16.4. The first-order valence-corrected chi connectivity index (χ1v) is 9.94. The van der Waals surface area contributed by atoms with E-state index in [1.807, 2.05) is 6.92 Å². The molecule has 0 rings (SSSR count). The van der Waals surface area contributed by atoms with Gasteiger partial charge in [0.05, 0.1) is 19.3 Å². The molecule has 5 atom stereocenters. The number of aliphatic carboxylic acids is 1. The highest BCUT2D eigenvalue weighted by Crippen LogP contribution is 2.06. The number of aliphatic hydroxyl groups excluding tert-OH is 2. The second kappa shape index (κ2) is 14.7. The van der Waals surface area contributed by atoms with Gasteiger partial charge in [0.1, 0.15) is 18.1 Å². The molecule has 0 aliphatic rings. The van der Waals surface area contributed by atoms with Crippen LogP contribution in [-0.4, -0.2) is 82.9 Å². The summed E-state index contributed by atoms with van der Waals surface area (Å²) in [6.07, 6.45) is 1.81. The topological polar surface area (TPSA) is 217 Å². The number of carbonyl (C=O) groups is 4. The van der Waals surface area contributed by atoms with E-state index in [0.29, 0.717) is 25.8 Å². The van der Waals surface area contributed by atoms with E-state index < -0.39 is 61.1 Å². The van der Waals surface area contributed by atoms with Gasteiger partial charge in [0.15, 0.2) is 0 Å². The van der Waals surface area contributed by atoms with Crippen LogP contribution in [0.1, 0.15) is 39.5 Å². The van der Waals surface area contributed by atoms with Gasteiger partial charge in [-0.05, 0) is 31.7 Å². The molecule has 12 heteroatoms. The van der Waals surface area contributed by atoms with Crippen LogP contribution >= 0.6 is 0 Å². The zero-order chi connectivity index (χ0) is 23.3. The third kappa shape index (κ3) is 9.48. The third-order valence-corrected chi connectivity index (χ3v) is 4.75. The zero-order valence-electron chi connectivity index (χ0n) is 17.5. The fraction of sp³-hybridized carbons (Fsp3) is 0.778. The van der Waals surface area contributed by atoms with Crippen LogP contribution in [0.15, 0.2) is 0 Å². The van der Waals surface area contributed by atoms with Crippen LogP contribution in [0.5, 0.6) is 0 Å². The fourth-order valence-corrected chi connectivity index (χ4v) is 2.47. The van der Waals surface area contributed by atoms with Gasteiger partial charge in [-0.3, -0.25) is 14.4 Å². The van der Waals surface area contributed by atoms with Crippen LogP contribution in [0, 0.1) is 5.92 Å². The summed E-state index contributed by atoms with van der Waals surface area (Å²) in [5.41, 5.74) is 11.3. The maximum Gasteiger partial charge on any atom is 0.328 e. The summed E-state index contributed by atoms with van der Waals surface area (Å²) in [5, 5.41) is 34.4. The van der Waals surface area contributed by atoms with Crippen molar-refractivity contribution >= 4 is 23.7 Å². The number of carboxylic acid groups (broad SMARTS) is 1. The minimum atomic E-state index is -1.53. The van der Waals surface area contributed by atoms with Crippen LogP contribution < -0.4 is 27.4 Å². The van der Waals surface area contributed by atoms with Crippen molar-refractivity contribution in [2.45, 2.75) is 63.7 Å². The summed E-state index contributed by atoms with van der Waals surface area (Å²) < 4.78 is 0. The number of nitrogens with two attached hydrogens (primary N) is 2. The molecular weight excluding hydrogens is 398 g/mol. The Labute approximate surface area is 175 Å². The molecule has 0 spiro atoms. The summed E-state index contributed by atoms with van der Waals surface area (Å²) in [6, 6.07) is -4.90. The van der Waals surface area contributed by atoms with E-state index in [0.717, 1.165) is 0 Å². The normalized spacial score (nSPS) is 15.9. The third-order valence-electron chi connectivity index (χ3n) is 4.75. The molecule has 0 fully saturated rings. The molecule has 10 N–H and O–H groups in total. The van der Waals surface area contributed by atoms with Crippen molar-refractivity contribution in [1.29, 1.82) is 0 Å². The molecule has 0 saturated heterocycles. The second-order valence-electron chi connectivity index (χ2n) is 7.08. The molecule has 0 radical (unpaired) electrons. The number of carbonyl (C=O) groups excluding carboxylic acids is 3. The summed E-state index contributed by atoms with van der Waals surface area (Å²) in [7, 11) is 0. The van der Waals surface area contributed by atoms with E-state index in [1.165, 1.54) is 0 Å². The predicted molar refractivity (Wildman–Crippen MR) is 108 cm³/mol. The maximum absolute atomic E-state index is 12.5. The average Bonchev–Trinajstić information content (AvgIpc) is 2.72. The molecular formula is C18H35N5O7. The highest BCUT2D eigenvalue weighted by molar-refractivity contribution is 5.94. The van der Waals surface area contributed by atoms with Gasteiger partial charge < -0.3 is 42.7 Å². The van der Waals surface area contributed by atoms with E-state index >= 15 is 0 Å². The monoisotopic (exact) mass is 433 g/mol. The van der Waals surface area contributed by atoms with Crippen LogP contribution in [0.2, 0.25) is 0 Å². The van der Waals surface area contributed by atoms with Crippen molar-refractivity contribution in [2.75, 3.05) is 19.8 Å². The predicted octanol–water partition coefficient (Wildman–Crippen LogP) is -2.99. The zero-order valence-corrected chi connectivity index (χ0v) is 17.5. The number of amides is 3. The van der Waals surface area contributed by atoms with Crippen molar-refractivity contribution in [3.8, 4) is 0 Å². The van der Waals surface area contributed by atoms with E-state index in [2.05, 4.69) is 16.0 Å². The molecule has 0 aromatic heterocycles. The minimum absolute atomic E-state index is 0.144. The minimum Gasteiger partial charge on any atom is -0.480 e. The first kappa shape index (κ1) is 27.7. The van der Waals surface area contributed by atoms with Crippen molar-refractivity contribution in [3.63, 3.8) is 0 Å². The molecule has 0 bridgehead atoms. The molecule has 0 heterocycles. The quantitative estimate of drug-likeness (QED) is 0.123. The number of nitrogens with one attached hydrogen (secondary N) is 3. The lowest BCUT2D eigenvalue weighted by Crippen LogP contribution is -2.58. The summed E-state index contributed by atoms with van der Waals surface area (Å²) in [5.74, 6) is -3.84. The Morgan fingerprint density at radius 1 is 0.867 bits per heavy atom. The van der Waals surface area contributed by atoms with Crippen molar-refractivity contribution in [3.05, 3.63) is 0 Å². The molecule has 174 valence electrons. The van der Waals surface area contributed by atoms with Crippen LogP contribution in [0.25, 0.3) is 0 Å². The number of carboxylic acids is 1. The van der Waals surface area contributed by atoms with E-state index in [-0.39, 0.29) is 12.3 Å². The summed E-state index contributed by atoms with van der Waals surface area (Å²) in [6.45, 7) is 2.44. The number of rotatable bonds is 15. The van der Waals surface area contributed by atoms with Gasteiger partial charge in [-0.2, -0.15) is 0 Å². The second-order valence-corrected chi connectivity index (χ2v) is 7.08. The van der Waals surface area contributed by atoms with E-state index in [4.69, 9.17) is 21.7 Å². The first-order valence-electron chi connectivity index (χ1n) is 9.94. The fourth-order valence-electron chi connectivity index (χ4n) is 2.47. The molecule has 0 aromatic carbocycles. The molecule has 5 unspecified atom stereocenters. The van der Waals surface area contributed by atoms with Gasteiger partial charge in [-0.1, -0.05) is 20.3 Å². The Hall–Kier alpha value is -2.28. The average molecular weight is 434 g/mol. The lowest BCUT2D eigenvalue weighted by Gasteiger charge is -2.25. The van der Waals surface area contributed by atoms with Crippen molar-refractivity contribution < 1.29 is 34.5 Å². The Bertz CT molecular complexity index is 575. The largest absolute Gasteiger partial charge is 0.480 e. The molecule has 3 amide bonds. The van der Waals surface area contributed by atoms with Gasteiger partial charge in [0.25, 0.3) is 0 Å².